The van der Waals surface area contributed by atoms with Crippen LogP contribution in [-0.2, 0) is 19.1 Å². The fourth-order valence-electron chi connectivity index (χ4n) is 1.52. The van der Waals surface area contributed by atoms with E-state index in [1.807, 2.05) is 6.92 Å². The molecule has 0 spiro atoms. The topological polar surface area (TPSA) is 80.3 Å². The normalized spacial score (nSPS) is 12.4. The maximum absolute atomic E-state index is 11.8. The quantitative estimate of drug-likeness (QED) is 0.791. The third-order valence-corrected chi connectivity index (χ3v) is 5.54. The van der Waals surface area contributed by atoms with Crippen LogP contribution in [0.5, 0.6) is 0 Å². The van der Waals surface area contributed by atoms with Crippen LogP contribution >= 0.6 is 22.3 Å². The first-order valence-corrected chi connectivity index (χ1v) is 10.2. The molecule has 1 aromatic rings. The van der Waals surface area contributed by atoms with Crippen LogP contribution in [0.15, 0.2) is 17.0 Å². The fourth-order valence-corrected chi connectivity index (χ4v) is 4.15. The summed E-state index contributed by atoms with van der Waals surface area (Å²) in [5.41, 5.74) is 0.559. The molecule has 0 aliphatic rings. The lowest BCUT2D eigenvalue weighted by Gasteiger charge is -2.13. The first-order valence-electron chi connectivity index (χ1n) is 5.82. The number of halogens is 2. The van der Waals surface area contributed by atoms with Crippen LogP contribution in [0.4, 0.5) is 5.69 Å². The molecule has 0 aromatic heterocycles. The Bertz CT molecular complexity index is 676. The molecule has 0 unspecified atom stereocenters. The Kier molecular flexibility index (Phi) is 5.71. The summed E-state index contributed by atoms with van der Waals surface area (Å²) in [5.74, 6) is -0.0190. The van der Waals surface area contributed by atoms with Gasteiger partial charge in [0.1, 0.15) is 0 Å². The van der Waals surface area contributed by atoms with Crippen LogP contribution < -0.4 is 4.72 Å². The molecule has 0 bridgehead atoms. The molecule has 0 atom stereocenters. The summed E-state index contributed by atoms with van der Waals surface area (Å²) in [7, 11) is -2.19. The largest absolute Gasteiger partial charge is 0.282 e. The third-order valence-electron chi connectivity index (χ3n) is 2.57. The molecule has 0 saturated heterocycles. The predicted molar refractivity (Wildman–Crippen MR) is 81.5 cm³/mol. The van der Waals surface area contributed by atoms with Gasteiger partial charge in [-0.15, -0.1) is 0 Å². The van der Waals surface area contributed by atoms with Gasteiger partial charge >= 0.3 is 0 Å². The Hall–Kier alpha value is -0.500. The lowest BCUT2D eigenvalue weighted by atomic mass is 10.2. The summed E-state index contributed by atoms with van der Waals surface area (Å²) in [5, 5.41) is -0.00991. The van der Waals surface area contributed by atoms with Crippen LogP contribution in [0.2, 0.25) is 5.02 Å². The van der Waals surface area contributed by atoms with Crippen molar-refractivity contribution in [3.63, 3.8) is 0 Å². The summed E-state index contributed by atoms with van der Waals surface area (Å²) in [6, 6.07) is 2.39. The Morgan fingerprint density at radius 1 is 1.20 bits per heavy atom. The SMILES string of the molecule is CCCCS(=O)(=O)Nc1c(C)cc(S(=O)(=O)Cl)cc1Cl. The van der Waals surface area contributed by atoms with Crippen LogP contribution in [-0.4, -0.2) is 22.6 Å². The van der Waals surface area contributed by atoms with E-state index >= 15 is 0 Å². The lowest BCUT2D eigenvalue weighted by molar-refractivity contribution is 0.597. The smallest absolute Gasteiger partial charge is 0.261 e. The Balaban J connectivity index is 3.16. The van der Waals surface area contributed by atoms with E-state index in [1.165, 1.54) is 6.07 Å². The number of unbranched alkanes of at least 4 members (excludes halogenated alkanes) is 1. The van der Waals surface area contributed by atoms with Gasteiger partial charge in [0.15, 0.2) is 0 Å². The molecule has 0 fully saturated rings. The van der Waals surface area contributed by atoms with Gasteiger partial charge in [-0.25, -0.2) is 16.8 Å². The van der Waals surface area contributed by atoms with E-state index in [-0.39, 0.29) is 21.4 Å². The minimum atomic E-state index is -3.91. The third kappa shape index (κ3) is 4.80. The Morgan fingerprint density at radius 3 is 2.25 bits per heavy atom. The number of sulfonamides is 1. The fraction of sp³-hybridized carbons (Fsp3) is 0.455. The summed E-state index contributed by atoms with van der Waals surface area (Å²) in [6.07, 6.45) is 1.27. The highest BCUT2D eigenvalue weighted by Crippen LogP contribution is 2.31. The van der Waals surface area contributed by atoms with Crippen LogP contribution in [0.25, 0.3) is 0 Å². The van der Waals surface area contributed by atoms with Gasteiger partial charge < -0.3 is 0 Å². The van der Waals surface area contributed by atoms with Crippen molar-refractivity contribution in [2.45, 2.75) is 31.6 Å². The number of hydrogen-bond acceptors (Lipinski definition) is 4. The summed E-state index contributed by atoms with van der Waals surface area (Å²) in [4.78, 5) is -0.168. The van der Waals surface area contributed by atoms with Crippen molar-refractivity contribution in [2.75, 3.05) is 10.5 Å². The zero-order chi connectivity index (χ0) is 15.6. The molecule has 0 saturated carbocycles. The predicted octanol–water partition coefficient (Wildman–Crippen LogP) is 3.12. The van der Waals surface area contributed by atoms with Gasteiger partial charge in [-0.2, -0.15) is 0 Å². The monoisotopic (exact) mass is 359 g/mol. The van der Waals surface area contributed by atoms with Crippen LogP contribution in [0.3, 0.4) is 0 Å². The number of hydrogen-bond donors (Lipinski definition) is 1. The number of aryl methyl sites for hydroxylation is 1. The van der Waals surface area contributed by atoms with Crippen molar-refractivity contribution < 1.29 is 16.8 Å². The molecule has 1 rings (SSSR count). The Labute approximate surface area is 128 Å². The van der Waals surface area contributed by atoms with Gasteiger partial charge in [-0.05, 0) is 31.0 Å². The van der Waals surface area contributed by atoms with Crippen molar-refractivity contribution in [3.05, 3.63) is 22.7 Å². The molecule has 0 aliphatic carbocycles. The molecule has 0 radical (unpaired) electrons. The second-order valence-electron chi connectivity index (χ2n) is 4.31. The molecule has 5 nitrogen and oxygen atoms in total. The second-order valence-corrected chi connectivity index (χ2v) is 9.12. The van der Waals surface area contributed by atoms with Crippen molar-refractivity contribution in [3.8, 4) is 0 Å². The first-order chi connectivity index (χ1) is 9.07. The summed E-state index contributed by atoms with van der Waals surface area (Å²) in [6.45, 7) is 3.43. The average molecular weight is 360 g/mol. The zero-order valence-electron chi connectivity index (χ0n) is 11.0. The van der Waals surface area contributed by atoms with E-state index in [0.29, 0.717) is 12.0 Å². The molecule has 0 aliphatic heterocycles. The number of rotatable bonds is 6. The van der Waals surface area contributed by atoms with Crippen molar-refractivity contribution in [2.24, 2.45) is 0 Å². The van der Waals surface area contributed by atoms with Gasteiger partial charge in [0.05, 0.1) is 21.4 Å². The lowest BCUT2D eigenvalue weighted by Crippen LogP contribution is -2.17. The number of nitrogens with one attached hydrogen (secondary N) is 1. The average Bonchev–Trinajstić information content (AvgIpc) is 2.30. The van der Waals surface area contributed by atoms with E-state index in [1.54, 1.807) is 6.92 Å². The molecule has 0 amide bonds. The highest BCUT2D eigenvalue weighted by atomic mass is 35.7. The van der Waals surface area contributed by atoms with Crippen molar-refractivity contribution >= 4 is 47.0 Å². The Morgan fingerprint density at radius 2 is 1.80 bits per heavy atom. The number of benzene rings is 1. The van der Waals surface area contributed by atoms with Crippen LogP contribution in [0.1, 0.15) is 25.3 Å². The van der Waals surface area contributed by atoms with E-state index in [2.05, 4.69) is 4.72 Å². The van der Waals surface area contributed by atoms with Crippen LogP contribution in [0, 0.1) is 6.92 Å². The minimum Gasteiger partial charge on any atom is -0.282 e. The van der Waals surface area contributed by atoms with Crippen molar-refractivity contribution in [1.29, 1.82) is 0 Å². The second kappa shape index (κ2) is 6.51. The van der Waals surface area contributed by atoms with E-state index in [9.17, 15) is 16.8 Å². The molecular weight excluding hydrogens is 345 g/mol. The zero-order valence-corrected chi connectivity index (χ0v) is 14.1. The van der Waals surface area contributed by atoms with Gasteiger partial charge in [-0.1, -0.05) is 24.9 Å². The minimum absolute atomic E-state index is 0.00991. The highest BCUT2D eigenvalue weighted by Gasteiger charge is 2.18. The molecule has 1 N–H and O–H groups in total. The van der Waals surface area contributed by atoms with E-state index < -0.39 is 19.1 Å². The maximum Gasteiger partial charge on any atom is 0.261 e. The maximum atomic E-state index is 11.8. The van der Waals surface area contributed by atoms with Gasteiger partial charge in [0, 0.05) is 10.7 Å². The molecule has 0 heterocycles. The molecule has 1 aromatic carbocycles. The standard InChI is InChI=1S/C11H15Cl2NO4S2/c1-3-4-5-19(15,16)14-11-8(2)6-9(7-10(11)12)20(13,17)18/h6-7,14H,3-5H2,1-2H3. The summed E-state index contributed by atoms with van der Waals surface area (Å²) >= 11 is 5.93. The summed E-state index contributed by atoms with van der Waals surface area (Å²) < 4.78 is 48.5. The van der Waals surface area contributed by atoms with Gasteiger partial charge in [-0.3, -0.25) is 4.72 Å². The van der Waals surface area contributed by atoms with Crippen molar-refractivity contribution in [1.82, 2.24) is 0 Å². The highest BCUT2D eigenvalue weighted by molar-refractivity contribution is 8.13. The van der Waals surface area contributed by atoms with Gasteiger partial charge in [0.2, 0.25) is 10.0 Å². The molecule has 114 valence electrons. The number of anilines is 1. The van der Waals surface area contributed by atoms with E-state index in [4.69, 9.17) is 22.3 Å². The molecule has 9 heteroatoms. The first kappa shape index (κ1) is 17.6. The molecular formula is C11H15Cl2NO4S2. The molecule has 20 heavy (non-hydrogen) atoms. The van der Waals surface area contributed by atoms with E-state index in [0.717, 1.165) is 12.5 Å². The van der Waals surface area contributed by atoms with Gasteiger partial charge in [0.25, 0.3) is 9.05 Å².